The van der Waals surface area contributed by atoms with Crippen LogP contribution in [0.4, 0.5) is 0 Å². The third-order valence-corrected chi connectivity index (χ3v) is 7.50. The fraction of sp³-hybridized carbons (Fsp3) is 0.917. The van der Waals surface area contributed by atoms with Gasteiger partial charge in [-0.15, -0.1) is 0 Å². The van der Waals surface area contributed by atoms with E-state index >= 15 is 0 Å². The second-order valence-electron chi connectivity index (χ2n) is 5.20. The molecule has 0 N–H and O–H groups in total. The average molecular weight is 298 g/mol. The van der Waals surface area contributed by atoms with Crippen LogP contribution >= 0.6 is 18.6 Å². The van der Waals surface area contributed by atoms with Crippen LogP contribution < -0.4 is 0 Å². The van der Waals surface area contributed by atoms with Crippen molar-refractivity contribution in [3.8, 4) is 0 Å². The molecule has 0 aliphatic rings. The summed E-state index contributed by atoms with van der Waals surface area (Å²) in [7, 11) is 3.34. The van der Waals surface area contributed by atoms with E-state index in [1.807, 2.05) is 6.26 Å². The summed E-state index contributed by atoms with van der Waals surface area (Å²) in [4.78, 5) is 11.9. The molecule has 0 unspecified atom stereocenters. The number of rotatable bonds is 10. The molecule has 0 rings (SSSR count). The summed E-state index contributed by atoms with van der Waals surface area (Å²) >= 11 is 1.65. The Kier molecular flexibility index (Phi) is 8.44. The van der Waals surface area contributed by atoms with E-state index in [0.717, 1.165) is 18.1 Å². The molecule has 6 heteroatoms. The van der Waals surface area contributed by atoms with Crippen molar-refractivity contribution in [3.05, 3.63) is 0 Å². The van der Waals surface area contributed by atoms with E-state index in [-0.39, 0.29) is 5.97 Å². The van der Waals surface area contributed by atoms with Gasteiger partial charge in [0.15, 0.2) is 0 Å². The predicted molar refractivity (Wildman–Crippen MR) is 81.3 cm³/mol. The molecule has 0 aliphatic heterocycles. The number of hydrogen-bond acceptors (Lipinski definition) is 5. The van der Waals surface area contributed by atoms with E-state index in [9.17, 15) is 4.79 Å². The summed E-state index contributed by atoms with van der Waals surface area (Å²) in [6.45, 7) is 2.91. The zero-order valence-corrected chi connectivity index (χ0v) is 13.9. The minimum atomic E-state index is -2.49. The van der Waals surface area contributed by atoms with E-state index in [4.69, 9.17) is 14.0 Å². The zero-order valence-electron chi connectivity index (χ0n) is 12.2. The zero-order chi connectivity index (χ0) is 14.1. The van der Waals surface area contributed by atoms with Crippen LogP contribution in [-0.2, 0) is 18.8 Å². The molecule has 0 heterocycles. The number of carbonyl (C=O) groups is 1. The first-order valence-electron chi connectivity index (χ1n) is 6.06. The molecule has 110 valence electrons. The standard InChI is InChI=1S/C12H27O4PS/c1-14-7-9-17(3,4,10-8-15-2)16-12(13)6-11-18-5/h6-11H2,1-5H3. The normalized spacial score (nSPS) is 13.9. The van der Waals surface area contributed by atoms with Crippen LogP contribution in [0.15, 0.2) is 0 Å². The van der Waals surface area contributed by atoms with Crippen molar-refractivity contribution in [2.45, 2.75) is 6.42 Å². The Morgan fingerprint density at radius 3 is 2.00 bits per heavy atom. The first-order chi connectivity index (χ1) is 8.36. The van der Waals surface area contributed by atoms with Crippen LogP contribution in [0.1, 0.15) is 6.42 Å². The molecule has 0 aromatic rings. The molecule has 0 saturated carbocycles. The van der Waals surface area contributed by atoms with Gasteiger partial charge in [0.25, 0.3) is 0 Å². The maximum absolute atomic E-state index is 11.9. The average Bonchev–Trinajstić information content (AvgIpc) is 2.32. The molecule has 18 heavy (non-hydrogen) atoms. The summed E-state index contributed by atoms with van der Waals surface area (Å²) in [5, 5.41) is 0. The quantitative estimate of drug-likeness (QED) is 0.579. The fourth-order valence-corrected chi connectivity index (χ4v) is 4.60. The van der Waals surface area contributed by atoms with E-state index in [0.29, 0.717) is 19.6 Å². The van der Waals surface area contributed by atoms with Gasteiger partial charge < -0.3 is 0 Å². The first-order valence-corrected chi connectivity index (χ1v) is 10.9. The molecule has 0 fully saturated rings. The van der Waals surface area contributed by atoms with Gasteiger partial charge in [0.05, 0.1) is 0 Å². The Bertz CT molecular complexity index is 246. The van der Waals surface area contributed by atoms with E-state index in [2.05, 4.69) is 13.3 Å². The number of hydrogen-bond donors (Lipinski definition) is 0. The number of thioether (sulfide) groups is 1. The fourth-order valence-electron chi connectivity index (χ4n) is 1.53. The second-order valence-corrected chi connectivity index (χ2v) is 12.4. The third-order valence-electron chi connectivity index (χ3n) is 2.91. The van der Waals surface area contributed by atoms with Crippen LogP contribution in [0.2, 0.25) is 0 Å². The van der Waals surface area contributed by atoms with Gasteiger partial charge in [-0.05, 0) is 0 Å². The summed E-state index contributed by atoms with van der Waals surface area (Å²) in [5.41, 5.74) is 0. The van der Waals surface area contributed by atoms with Crippen LogP contribution in [0.5, 0.6) is 0 Å². The third kappa shape index (κ3) is 7.57. The van der Waals surface area contributed by atoms with Gasteiger partial charge in [-0.3, -0.25) is 0 Å². The van der Waals surface area contributed by atoms with Crippen LogP contribution in [0, 0.1) is 0 Å². The molecule has 0 saturated heterocycles. The maximum atomic E-state index is 11.9. The SMILES string of the molecule is COCCP(C)(C)(CCOC)OC(=O)CCSC. The number of methoxy groups -OCH3 is 2. The van der Waals surface area contributed by atoms with Crippen molar-refractivity contribution in [3.63, 3.8) is 0 Å². The molecule has 0 aliphatic carbocycles. The Morgan fingerprint density at radius 2 is 1.61 bits per heavy atom. The van der Waals surface area contributed by atoms with Crippen molar-refractivity contribution in [2.24, 2.45) is 0 Å². The predicted octanol–water partition coefficient (Wildman–Crippen LogP) is 2.30. The molecule has 0 atom stereocenters. The summed E-state index contributed by atoms with van der Waals surface area (Å²) in [6, 6.07) is 0. The molecule has 0 bridgehead atoms. The molecule has 4 nitrogen and oxygen atoms in total. The molecule has 0 aromatic heterocycles. The number of ether oxygens (including phenoxy) is 2. The summed E-state index contributed by atoms with van der Waals surface area (Å²) in [5.74, 6) is 0.707. The van der Waals surface area contributed by atoms with Gasteiger partial charge in [-0.25, -0.2) is 0 Å². The minimum absolute atomic E-state index is 0.0979. The van der Waals surface area contributed by atoms with Gasteiger partial charge in [0, 0.05) is 0 Å². The Morgan fingerprint density at radius 1 is 1.11 bits per heavy atom. The topological polar surface area (TPSA) is 44.8 Å². The molecule has 0 aromatic carbocycles. The van der Waals surface area contributed by atoms with Crippen LogP contribution in [-0.4, -0.2) is 71.1 Å². The Balaban J connectivity index is 4.58. The molecular weight excluding hydrogens is 271 g/mol. The van der Waals surface area contributed by atoms with Crippen molar-refractivity contribution < 1.29 is 18.8 Å². The second kappa shape index (κ2) is 8.36. The summed E-state index contributed by atoms with van der Waals surface area (Å²) < 4.78 is 16.1. The van der Waals surface area contributed by atoms with Gasteiger partial charge >= 0.3 is 115 Å². The van der Waals surface area contributed by atoms with E-state index < -0.39 is 6.83 Å². The molecule has 0 spiro atoms. The van der Waals surface area contributed by atoms with Gasteiger partial charge in [-0.1, -0.05) is 0 Å². The molecular formula is C12H27O4PS. The Hall–Kier alpha value is 0.170. The monoisotopic (exact) mass is 298 g/mol. The van der Waals surface area contributed by atoms with Crippen molar-refractivity contribution in [1.29, 1.82) is 0 Å². The van der Waals surface area contributed by atoms with Gasteiger partial charge in [-0.2, -0.15) is 0 Å². The molecule has 0 radical (unpaired) electrons. The van der Waals surface area contributed by atoms with Crippen LogP contribution in [0.25, 0.3) is 0 Å². The van der Waals surface area contributed by atoms with Crippen molar-refractivity contribution >= 4 is 24.6 Å². The molecule has 0 amide bonds. The number of carbonyl (C=O) groups excluding carboxylic acids is 1. The van der Waals surface area contributed by atoms with E-state index in [1.54, 1.807) is 26.0 Å². The Labute approximate surface area is 115 Å². The van der Waals surface area contributed by atoms with Crippen molar-refractivity contribution in [2.75, 3.05) is 65.1 Å². The van der Waals surface area contributed by atoms with Gasteiger partial charge in [0.1, 0.15) is 0 Å². The van der Waals surface area contributed by atoms with Crippen LogP contribution in [0.3, 0.4) is 0 Å². The van der Waals surface area contributed by atoms with Gasteiger partial charge in [0.2, 0.25) is 0 Å². The summed E-state index contributed by atoms with van der Waals surface area (Å²) in [6.07, 6.45) is 4.04. The first kappa shape index (κ1) is 18.2. The van der Waals surface area contributed by atoms with Crippen molar-refractivity contribution in [1.82, 2.24) is 0 Å². The van der Waals surface area contributed by atoms with E-state index in [1.165, 1.54) is 0 Å².